The smallest absolute Gasteiger partial charge is 0.343 e. The van der Waals surface area contributed by atoms with Crippen molar-refractivity contribution in [3.05, 3.63) is 108 Å². The predicted octanol–water partition coefficient (Wildman–Crippen LogP) is 5.53. The van der Waals surface area contributed by atoms with Crippen LogP contribution in [0.3, 0.4) is 0 Å². The van der Waals surface area contributed by atoms with Gasteiger partial charge in [-0.2, -0.15) is 0 Å². The molecular formula is C30H28N2O6. The lowest BCUT2D eigenvalue weighted by molar-refractivity contribution is 0.0725. The number of nitrogens with two attached hydrogens (primary N) is 2. The van der Waals surface area contributed by atoms with Crippen molar-refractivity contribution >= 4 is 23.3 Å². The summed E-state index contributed by atoms with van der Waals surface area (Å²) in [6, 6.07) is 26.8. The van der Waals surface area contributed by atoms with Gasteiger partial charge in [0.1, 0.15) is 23.0 Å². The molecule has 0 bridgehead atoms. The van der Waals surface area contributed by atoms with Gasteiger partial charge in [-0.1, -0.05) is 0 Å². The predicted molar refractivity (Wildman–Crippen MR) is 145 cm³/mol. The van der Waals surface area contributed by atoms with Crippen molar-refractivity contribution < 1.29 is 28.5 Å². The highest BCUT2D eigenvalue weighted by Crippen LogP contribution is 2.19. The second-order valence-electron chi connectivity index (χ2n) is 8.37. The van der Waals surface area contributed by atoms with Crippen LogP contribution in [0.1, 0.15) is 33.6 Å². The van der Waals surface area contributed by atoms with Gasteiger partial charge in [0.25, 0.3) is 0 Å². The van der Waals surface area contributed by atoms with E-state index in [1.807, 2.05) is 0 Å². The minimum Gasteiger partial charge on any atom is -0.494 e. The van der Waals surface area contributed by atoms with Gasteiger partial charge in [0.05, 0.1) is 24.3 Å². The second-order valence-corrected chi connectivity index (χ2v) is 8.37. The monoisotopic (exact) mass is 512 g/mol. The number of ether oxygens (including phenoxy) is 4. The van der Waals surface area contributed by atoms with E-state index in [9.17, 15) is 9.59 Å². The molecule has 4 aromatic carbocycles. The number of carbonyl (C=O) groups excluding carboxylic acids is 2. The molecule has 4 N–H and O–H groups in total. The molecule has 4 rings (SSSR count). The Morgan fingerprint density at radius 1 is 0.474 bits per heavy atom. The molecular weight excluding hydrogens is 484 g/mol. The van der Waals surface area contributed by atoms with E-state index in [1.165, 1.54) is 0 Å². The third-order valence-corrected chi connectivity index (χ3v) is 5.44. The van der Waals surface area contributed by atoms with Crippen LogP contribution in [0, 0.1) is 0 Å². The van der Waals surface area contributed by atoms with Crippen molar-refractivity contribution in [2.75, 3.05) is 24.7 Å². The maximum atomic E-state index is 12.3. The Morgan fingerprint density at radius 3 is 1.13 bits per heavy atom. The summed E-state index contributed by atoms with van der Waals surface area (Å²) in [5, 5.41) is 0. The number of esters is 2. The Labute approximate surface area is 220 Å². The lowest BCUT2D eigenvalue weighted by atomic mass is 10.2. The molecule has 0 aromatic heterocycles. The van der Waals surface area contributed by atoms with Crippen LogP contribution in [-0.2, 0) is 0 Å². The Kier molecular flexibility index (Phi) is 8.80. The van der Waals surface area contributed by atoms with Crippen LogP contribution < -0.4 is 30.4 Å². The minimum atomic E-state index is -0.454. The van der Waals surface area contributed by atoms with Gasteiger partial charge < -0.3 is 30.4 Å². The molecule has 0 aliphatic rings. The number of carbonyl (C=O) groups is 2. The molecule has 8 nitrogen and oxygen atoms in total. The van der Waals surface area contributed by atoms with Gasteiger partial charge in [-0.25, -0.2) is 9.59 Å². The number of anilines is 2. The number of hydrogen-bond acceptors (Lipinski definition) is 8. The summed E-state index contributed by atoms with van der Waals surface area (Å²) in [5.41, 5.74) is 13.3. The van der Waals surface area contributed by atoms with Gasteiger partial charge in [-0.15, -0.1) is 0 Å². The van der Waals surface area contributed by atoms with Gasteiger partial charge in [-0.05, 0) is 110 Å². The maximum Gasteiger partial charge on any atom is 0.343 e. The van der Waals surface area contributed by atoms with E-state index in [0.717, 1.165) is 12.8 Å². The summed E-state index contributed by atoms with van der Waals surface area (Å²) in [4.78, 5) is 24.5. The van der Waals surface area contributed by atoms with E-state index in [0.29, 0.717) is 58.7 Å². The first-order valence-corrected chi connectivity index (χ1v) is 12.1. The largest absolute Gasteiger partial charge is 0.494 e. The lowest BCUT2D eigenvalue weighted by Crippen LogP contribution is -2.09. The van der Waals surface area contributed by atoms with Crippen molar-refractivity contribution in [1.82, 2.24) is 0 Å². The molecule has 0 saturated heterocycles. The van der Waals surface area contributed by atoms with Crippen molar-refractivity contribution in [1.29, 1.82) is 0 Å². The van der Waals surface area contributed by atoms with Crippen LogP contribution >= 0.6 is 0 Å². The Hall–Kier alpha value is -4.98. The molecule has 0 amide bonds. The molecule has 0 atom stereocenters. The average molecular weight is 513 g/mol. The fourth-order valence-electron chi connectivity index (χ4n) is 3.36. The van der Waals surface area contributed by atoms with Crippen LogP contribution in [0.4, 0.5) is 11.4 Å². The van der Waals surface area contributed by atoms with Crippen molar-refractivity contribution in [2.24, 2.45) is 0 Å². The van der Waals surface area contributed by atoms with Crippen LogP contribution in [0.5, 0.6) is 23.0 Å². The fourth-order valence-corrected chi connectivity index (χ4v) is 3.36. The molecule has 194 valence electrons. The summed E-state index contributed by atoms with van der Waals surface area (Å²) < 4.78 is 22.1. The van der Waals surface area contributed by atoms with E-state index >= 15 is 0 Å². The molecule has 0 saturated carbocycles. The quantitative estimate of drug-likeness (QED) is 0.116. The number of benzene rings is 4. The van der Waals surface area contributed by atoms with Gasteiger partial charge in [0.15, 0.2) is 0 Å². The van der Waals surface area contributed by atoms with Gasteiger partial charge in [0, 0.05) is 11.4 Å². The van der Waals surface area contributed by atoms with Gasteiger partial charge in [-0.3, -0.25) is 0 Å². The summed E-state index contributed by atoms with van der Waals surface area (Å²) in [6.07, 6.45) is 1.57. The lowest BCUT2D eigenvalue weighted by Gasteiger charge is -2.09. The van der Waals surface area contributed by atoms with Crippen LogP contribution in [0.15, 0.2) is 97.1 Å². The first kappa shape index (κ1) is 26.1. The zero-order valence-corrected chi connectivity index (χ0v) is 20.7. The first-order valence-electron chi connectivity index (χ1n) is 12.1. The van der Waals surface area contributed by atoms with E-state index in [-0.39, 0.29) is 0 Å². The van der Waals surface area contributed by atoms with E-state index in [2.05, 4.69) is 0 Å². The Balaban J connectivity index is 1.12. The third kappa shape index (κ3) is 7.76. The normalized spacial score (nSPS) is 10.4. The Bertz CT molecular complexity index is 1230. The van der Waals surface area contributed by atoms with Crippen LogP contribution in [0.25, 0.3) is 0 Å². The third-order valence-electron chi connectivity index (χ3n) is 5.44. The zero-order valence-electron chi connectivity index (χ0n) is 20.7. The summed E-state index contributed by atoms with van der Waals surface area (Å²) >= 11 is 0. The SMILES string of the molecule is Nc1ccc(OC(=O)c2ccc(OCCCCOc3ccc(C(=O)Oc4ccc(N)cc4)cc3)cc2)cc1. The molecule has 0 aliphatic heterocycles. The van der Waals surface area contributed by atoms with Gasteiger partial charge in [0.2, 0.25) is 0 Å². The van der Waals surface area contributed by atoms with Crippen molar-refractivity contribution in [3.8, 4) is 23.0 Å². The fraction of sp³-hybridized carbons (Fsp3) is 0.133. The van der Waals surface area contributed by atoms with Crippen LogP contribution in [0.2, 0.25) is 0 Å². The second kappa shape index (κ2) is 12.8. The molecule has 4 aromatic rings. The molecule has 0 unspecified atom stereocenters. The molecule has 8 heteroatoms. The highest BCUT2D eigenvalue weighted by atomic mass is 16.5. The van der Waals surface area contributed by atoms with Gasteiger partial charge >= 0.3 is 11.9 Å². The molecule has 0 radical (unpaired) electrons. The van der Waals surface area contributed by atoms with E-state index in [4.69, 9.17) is 30.4 Å². The zero-order chi connectivity index (χ0) is 26.7. The molecule has 0 heterocycles. The summed E-state index contributed by atoms with van der Waals surface area (Å²) in [7, 11) is 0. The topological polar surface area (TPSA) is 123 Å². The standard InChI is InChI=1S/C30H28N2O6/c31-23-7-15-27(16-8-23)37-29(33)21-3-11-25(12-4-21)35-19-1-2-20-36-26-13-5-22(6-14-26)30(34)38-28-17-9-24(32)10-18-28/h3-18H,1-2,19-20,31-32H2. The number of nitrogen functional groups attached to an aromatic ring is 2. The Morgan fingerprint density at radius 2 is 0.789 bits per heavy atom. The highest BCUT2D eigenvalue weighted by molar-refractivity contribution is 5.91. The first-order chi connectivity index (χ1) is 18.5. The summed E-state index contributed by atoms with van der Waals surface area (Å²) in [6.45, 7) is 1.02. The molecule has 0 spiro atoms. The maximum absolute atomic E-state index is 12.3. The van der Waals surface area contributed by atoms with Crippen molar-refractivity contribution in [3.63, 3.8) is 0 Å². The van der Waals surface area contributed by atoms with Crippen molar-refractivity contribution in [2.45, 2.75) is 12.8 Å². The number of unbranched alkanes of at least 4 members (excludes halogenated alkanes) is 1. The average Bonchev–Trinajstić information content (AvgIpc) is 2.94. The van der Waals surface area contributed by atoms with Crippen LogP contribution in [-0.4, -0.2) is 25.2 Å². The minimum absolute atomic E-state index is 0.423. The highest BCUT2D eigenvalue weighted by Gasteiger charge is 2.10. The van der Waals surface area contributed by atoms with E-state index in [1.54, 1.807) is 97.1 Å². The van der Waals surface area contributed by atoms with E-state index < -0.39 is 11.9 Å². The number of rotatable bonds is 11. The molecule has 0 fully saturated rings. The number of hydrogen-bond donors (Lipinski definition) is 2. The molecule has 38 heavy (non-hydrogen) atoms. The summed E-state index contributed by atoms with van der Waals surface area (Å²) in [5.74, 6) is 1.28. The molecule has 0 aliphatic carbocycles.